The van der Waals surface area contributed by atoms with E-state index in [9.17, 15) is 9.59 Å². The molecule has 2 aliphatic rings. The summed E-state index contributed by atoms with van der Waals surface area (Å²) in [6, 6.07) is 12.3. The molecule has 2 unspecified atom stereocenters. The van der Waals surface area contributed by atoms with Crippen molar-refractivity contribution in [1.29, 1.82) is 0 Å². The van der Waals surface area contributed by atoms with Crippen LogP contribution in [0.4, 0.5) is 0 Å². The number of carbonyl (C=O) groups excluding carboxylic acids is 2. The topological polar surface area (TPSA) is 81.6 Å². The second-order valence-electron chi connectivity index (χ2n) is 8.23. The van der Waals surface area contributed by atoms with Crippen LogP contribution >= 0.6 is 0 Å². The fourth-order valence-electron chi connectivity index (χ4n) is 4.70. The lowest BCUT2D eigenvalue weighted by molar-refractivity contribution is -0.139. The first kappa shape index (κ1) is 21.9. The fraction of sp³-hybridized carbons (Fsp3) is 0.360. The Balaban J connectivity index is 1.55. The lowest BCUT2D eigenvalue weighted by Gasteiger charge is -2.30. The SMILES string of the molecule is COC(=O)C1=C(C)NC(C)=C(C(=O)OCCC2NCc3ccccc32)C1c1cccn1C. The van der Waals surface area contributed by atoms with Crippen molar-refractivity contribution in [3.63, 3.8) is 0 Å². The van der Waals surface area contributed by atoms with Crippen LogP contribution in [0, 0.1) is 0 Å². The maximum atomic E-state index is 13.3. The average Bonchev–Trinajstić information content (AvgIpc) is 3.38. The first-order valence-corrected chi connectivity index (χ1v) is 10.8. The predicted molar refractivity (Wildman–Crippen MR) is 120 cm³/mol. The molecular weight excluding hydrogens is 406 g/mol. The summed E-state index contributed by atoms with van der Waals surface area (Å²) in [5, 5.41) is 6.64. The highest BCUT2D eigenvalue weighted by Gasteiger charge is 2.39. The number of allylic oxidation sites excluding steroid dienone is 2. The van der Waals surface area contributed by atoms with E-state index in [1.165, 1.54) is 18.2 Å². The number of esters is 2. The number of aromatic nitrogens is 1. The Morgan fingerprint density at radius 2 is 1.78 bits per heavy atom. The summed E-state index contributed by atoms with van der Waals surface area (Å²) in [4.78, 5) is 25.9. The Labute approximate surface area is 188 Å². The van der Waals surface area contributed by atoms with E-state index >= 15 is 0 Å². The summed E-state index contributed by atoms with van der Waals surface area (Å²) in [5.41, 5.74) is 5.55. The van der Waals surface area contributed by atoms with Crippen LogP contribution in [0.25, 0.3) is 0 Å². The zero-order chi connectivity index (χ0) is 22.8. The molecule has 32 heavy (non-hydrogen) atoms. The highest BCUT2D eigenvalue weighted by atomic mass is 16.5. The predicted octanol–water partition coefficient (Wildman–Crippen LogP) is 3.21. The number of fused-ring (bicyclic) bond motifs is 1. The van der Waals surface area contributed by atoms with Crippen molar-refractivity contribution in [3.05, 3.63) is 82.0 Å². The number of carbonyl (C=O) groups is 2. The molecule has 2 atom stereocenters. The van der Waals surface area contributed by atoms with E-state index in [0.29, 0.717) is 29.0 Å². The van der Waals surface area contributed by atoms with Crippen molar-refractivity contribution in [2.75, 3.05) is 13.7 Å². The van der Waals surface area contributed by atoms with Gasteiger partial charge in [0.2, 0.25) is 0 Å². The molecule has 7 heteroatoms. The van der Waals surface area contributed by atoms with Crippen LogP contribution in [0.3, 0.4) is 0 Å². The normalized spacial score (nSPS) is 20.1. The molecule has 0 radical (unpaired) electrons. The number of methoxy groups -OCH3 is 1. The molecule has 2 aliphatic heterocycles. The maximum absolute atomic E-state index is 13.3. The molecule has 3 heterocycles. The van der Waals surface area contributed by atoms with Gasteiger partial charge in [-0.3, -0.25) is 0 Å². The van der Waals surface area contributed by atoms with Gasteiger partial charge in [0.1, 0.15) is 0 Å². The van der Waals surface area contributed by atoms with Crippen LogP contribution in [0.5, 0.6) is 0 Å². The Bertz CT molecular complexity index is 1110. The molecule has 0 fully saturated rings. The van der Waals surface area contributed by atoms with Crippen molar-refractivity contribution in [2.24, 2.45) is 7.05 Å². The van der Waals surface area contributed by atoms with Crippen LogP contribution in [0.1, 0.15) is 49.0 Å². The van der Waals surface area contributed by atoms with Gasteiger partial charge >= 0.3 is 11.9 Å². The molecule has 0 saturated heterocycles. The fourth-order valence-corrected chi connectivity index (χ4v) is 4.70. The lowest BCUT2D eigenvalue weighted by atomic mass is 9.83. The van der Waals surface area contributed by atoms with Gasteiger partial charge in [0.25, 0.3) is 0 Å². The van der Waals surface area contributed by atoms with Gasteiger partial charge in [-0.25, -0.2) is 9.59 Å². The molecule has 2 aromatic rings. The van der Waals surface area contributed by atoms with E-state index in [2.05, 4.69) is 22.8 Å². The summed E-state index contributed by atoms with van der Waals surface area (Å²) in [6.07, 6.45) is 2.57. The summed E-state index contributed by atoms with van der Waals surface area (Å²) in [6.45, 7) is 4.75. The minimum absolute atomic E-state index is 0.162. The Hall–Kier alpha value is -3.32. The molecule has 0 saturated carbocycles. The number of hydrogen-bond acceptors (Lipinski definition) is 6. The highest BCUT2D eigenvalue weighted by molar-refractivity contribution is 5.99. The van der Waals surface area contributed by atoms with Crippen LogP contribution in [0.15, 0.2) is 65.1 Å². The maximum Gasteiger partial charge on any atom is 0.336 e. The van der Waals surface area contributed by atoms with E-state index in [1.54, 1.807) is 0 Å². The zero-order valence-electron chi connectivity index (χ0n) is 18.9. The largest absolute Gasteiger partial charge is 0.466 e. The van der Waals surface area contributed by atoms with Gasteiger partial charge in [0, 0.05) is 49.3 Å². The van der Waals surface area contributed by atoms with Gasteiger partial charge in [-0.1, -0.05) is 24.3 Å². The van der Waals surface area contributed by atoms with Crippen molar-refractivity contribution >= 4 is 11.9 Å². The van der Waals surface area contributed by atoms with Crippen LogP contribution in [-0.4, -0.2) is 30.2 Å². The molecule has 0 bridgehead atoms. The standard InChI is InChI=1S/C25H29N3O4/c1-15-21(24(29)31-4)23(20-10-7-12-28(20)3)22(16(2)27-15)25(30)32-13-11-19-18-9-6-5-8-17(18)14-26-19/h5-10,12,19,23,26-27H,11,13-14H2,1-4H3. The molecule has 0 aliphatic carbocycles. The molecular formula is C25H29N3O4. The van der Waals surface area contributed by atoms with Gasteiger partial charge in [0.05, 0.1) is 30.8 Å². The third-order valence-corrected chi connectivity index (χ3v) is 6.27. The molecule has 0 amide bonds. The second kappa shape index (κ2) is 9.04. The number of nitrogens with one attached hydrogen (secondary N) is 2. The van der Waals surface area contributed by atoms with Crippen LogP contribution < -0.4 is 10.6 Å². The van der Waals surface area contributed by atoms with E-state index < -0.39 is 17.9 Å². The van der Waals surface area contributed by atoms with Crippen molar-refractivity contribution < 1.29 is 19.1 Å². The van der Waals surface area contributed by atoms with Gasteiger partial charge in [-0.2, -0.15) is 0 Å². The number of aryl methyl sites for hydroxylation is 1. The molecule has 7 nitrogen and oxygen atoms in total. The van der Waals surface area contributed by atoms with E-state index in [0.717, 1.165) is 12.2 Å². The van der Waals surface area contributed by atoms with Crippen molar-refractivity contribution in [3.8, 4) is 0 Å². The number of nitrogens with zero attached hydrogens (tertiary/aromatic N) is 1. The summed E-state index contributed by atoms with van der Waals surface area (Å²) in [7, 11) is 3.24. The Kier molecular flexibility index (Phi) is 6.19. The monoisotopic (exact) mass is 435 g/mol. The molecule has 168 valence electrons. The third kappa shape index (κ3) is 3.96. The first-order valence-electron chi connectivity index (χ1n) is 10.8. The average molecular weight is 436 g/mol. The number of hydrogen-bond donors (Lipinski definition) is 2. The third-order valence-electron chi connectivity index (χ3n) is 6.27. The quantitative estimate of drug-likeness (QED) is 0.678. The number of rotatable bonds is 6. The molecule has 0 spiro atoms. The Morgan fingerprint density at radius 1 is 1.06 bits per heavy atom. The van der Waals surface area contributed by atoms with Crippen LogP contribution in [-0.2, 0) is 32.7 Å². The van der Waals surface area contributed by atoms with E-state index in [-0.39, 0.29) is 12.6 Å². The van der Waals surface area contributed by atoms with Gasteiger partial charge in [-0.15, -0.1) is 0 Å². The molecule has 2 N–H and O–H groups in total. The van der Waals surface area contributed by atoms with Crippen LogP contribution in [0.2, 0.25) is 0 Å². The minimum atomic E-state index is -0.568. The smallest absolute Gasteiger partial charge is 0.336 e. The summed E-state index contributed by atoms with van der Waals surface area (Å²) in [5.74, 6) is -1.46. The number of ether oxygens (including phenoxy) is 2. The zero-order valence-corrected chi connectivity index (χ0v) is 18.9. The number of dihydropyridines is 1. The van der Waals surface area contributed by atoms with Crippen molar-refractivity contribution in [1.82, 2.24) is 15.2 Å². The second-order valence-corrected chi connectivity index (χ2v) is 8.23. The van der Waals surface area contributed by atoms with Gasteiger partial charge < -0.3 is 24.7 Å². The summed E-state index contributed by atoms with van der Waals surface area (Å²) >= 11 is 0. The van der Waals surface area contributed by atoms with E-state index in [4.69, 9.17) is 9.47 Å². The first-order chi connectivity index (χ1) is 15.4. The highest BCUT2D eigenvalue weighted by Crippen LogP contribution is 2.39. The molecule has 1 aromatic carbocycles. The van der Waals surface area contributed by atoms with Crippen molar-refractivity contribution in [2.45, 2.75) is 38.8 Å². The lowest BCUT2D eigenvalue weighted by Crippen LogP contribution is -2.33. The minimum Gasteiger partial charge on any atom is -0.466 e. The van der Waals surface area contributed by atoms with Gasteiger partial charge in [-0.05, 0) is 37.1 Å². The summed E-state index contributed by atoms with van der Waals surface area (Å²) < 4.78 is 12.7. The molecule has 1 aromatic heterocycles. The number of benzene rings is 1. The van der Waals surface area contributed by atoms with Gasteiger partial charge in [0.15, 0.2) is 0 Å². The van der Waals surface area contributed by atoms with E-state index in [1.807, 2.05) is 55.9 Å². The molecule has 4 rings (SSSR count). The Morgan fingerprint density at radius 3 is 2.47 bits per heavy atom.